The number of halogens is 6. The van der Waals surface area contributed by atoms with Crippen LogP contribution in [-0.4, -0.2) is 17.8 Å². The molecular weight excluding hydrogens is 300 g/mol. The van der Waals surface area contributed by atoms with Crippen molar-refractivity contribution in [2.75, 3.05) is 6.61 Å². The van der Waals surface area contributed by atoms with Crippen molar-refractivity contribution in [2.24, 2.45) is 0 Å². The van der Waals surface area contributed by atoms with Crippen molar-refractivity contribution in [1.82, 2.24) is 5.32 Å². The van der Waals surface area contributed by atoms with Gasteiger partial charge < -0.3 is 10.4 Å². The van der Waals surface area contributed by atoms with Crippen LogP contribution in [0.1, 0.15) is 30.0 Å². The Morgan fingerprint density at radius 3 is 1.81 bits per heavy atom. The molecule has 0 saturated carbocycles. The van der Waals surface area contributed by atoms with Crippen LogP contribution in [0.5, 0.6) is 0 Å². The lowest BCUT2D eigenvalue weighted by Gasteiger charge is -2.17. The zero-order chi connectivity index (χ0) is 16.3. The van der Waals surface area contributed by atoms with Crippen molar-refractivity contribution < 1.29 is 31.4 Å². The summed E-state index contributed by atoms with van der Waals surface area (Å²) in [7, 11) is 0. The third-order valence-corrected chi connectivity index (χ3v) is 2.96. The topological polar surface area (TPSA) is 32.3 Å². The highest BCUT2D eigenvalue weighted by Crippen LogP contribution is 2.36. The van der Waals surface area contributed by atoms with Crippen molar-refractivity contribution in [2.45, 2.75) is 38.3 Å². The first-order chi connectivity index (χ1) is 9.57. The van der Waals surface area contributed by atoms with Crippen LogP contribution in [0.3, 0.4) is 0 Å². The maximum Gasteiger partial charge on any atom is 0.416 e. The molecule has 1 aromatic carbocycles. The molecule has 0 unspecified atom stereocenters. The Morgan fingerprint density at radius 1 is 1.00 bits per heavy atom. The summed E-state index contributed by atoms with van der Waals surface area (Å²) in [5.41, 5.74) is -2.82. The molecule has 2 nitrogen and oxygen atoms in total. The molecule has 1 atom stereocenters. The number of aliphatic hydroxyl groups is 1. The second-order valence-electron chi connectivity index (χ2n) is 4.58. The van der Waals surface area contributed by atoms with E-state index in [0.717, 1.165) is 0 Å². The van der Waals surface area contributed by atoms with E-state index in [0.29, 0.717) is 18.6 Å². The van der Waals surface area contributed by atoms with E-state index in [-0.39, 0.29) is 30.8 Å². The molecule has 0 bridgehead atoms. The van der Waals surface area contributed by atoms with Gasteiger partial charge in [0.25, 0.3) is 0 Å². The fraction of sp³-hybridized carbons (Fsp3) is 0.538. The predicted molar refractivity (Wildman–Crippen MR) is 64.5 cm³/mol. The van der Waals surface area contributed by atoms with Crippen molar-refractivity contribution in [3.8, 4) is 0 Å². The standard InChI is InChI=1S/C13H15F6NO/c1-2-11(7-21)20-6-8-3-9(12(14,15)16)5-10(4-8)13(17,18)19/h3-5,11,20-21H,2,6-7H2,1H3/t11-/m0/s1. The lowest BCUT2D eigenvalue weighted by atomic mass is 10.0. The second-order valence-corrected chi connectivity index (χ2v) is 4.58. The number of rotatable bonds is 5. The number of benzene rings is 1. The van der Waals surface area contributed by atoms with Gasteiger partial charge in [-0.05, 0) is 30.2 Å². The van der Waals surface area contributed by atoms with E-state index >= 15 is 0 Å². The summed E-state index contributed by atoms with van der Waals surface area (Å²) in [6, 6.07) is 1.06. The average molecular weight is 315 g/mol. The van der Waals surface area contributed by atoms with Crippen LogP contribution < -0.4 is 5.32 Å². The zero-order valence-corrected chi connectivity index (χ0v) is 11.1. The molecule has 21 heavy (non-hydrogen) atoms. The summed E-state index contributed by atoms with van der Waals surface area (Å²) in [5, 5.41) is 11.7. The average Bonchev–Trinajstić information content (AvgIpc) is 2.37. The quantitative estimate of drug-likeness (QED) is 0.814. The smallest absolute Gasteiger partial charge is 0.395 e. The Labute approximate surface area is 117 Å². The van der Waals surface area contributed by atoms with Gasteiger partial charge in [-0.2, -0.15) is 26.3 Å². The first-order valence-electron chi connectivity index (χ1n) is 6.20. The lowest BCUT2D eigenvalue weighted by Crippen LogP contribution is -2.31. The summed E-state index contributed by atoms with van der Waals surface area (Å²) in [6.07, 6.45) is -9.20. The third kappa shape index (κ3) is 5.20. The number of alkyl halides is 6. The van der Waals surface area contributed by atoms with E-state index in [1.807, 2.05) is 0 Å². The molecule has 0 heterocycles. The van der Waals surface area contributed by atoms with Gasteiger partial charge in [-0.25, -0.2) is 0 Å². The fourth-order valence-electron chi connectivity index (χ4n) is 1.72. The van der Waals surface area contributed by atoms with Crippen molar-refractivity contribution >= 4 is 0 Å². The lowest BCUT2D eigenvalue weighted by molar-refractivity contribution is -0.143. The van der Waals surface area contributed by atoms with Crippen LogP contribution in [0.2, 0.25) is 0 Å². The molecule has 0 fully saturated rings. The zero-order valence-electron chi connectivity index (χ0n) is 11.1. The maximum atomic E-state index is 12.6. The Hall–Kier alpha value is -1.28. The number of nitrogens with one attached hydrogen (secondary N) is 1. The van der Waals surface area contributed by atoms with E-state index in [2.05, 4.69) is 5.32 Å². The van der Waals surface area contributed by atoms with E-state index in [4.69, 9.17) is 5.11 Å². The Morgan fingerprint density at radius 2 is 1.48 bits per heavy atom. The summed E-state index contributed by atoms with van der Waals surface area (Å²) >= 11 is 0. The molecule has 0 aromatic heterocycles. The first-order valence-corrected chi connectivity index (χ1v) is 6.20. The van der Waals surface area contributed by atoms with Crippen LogP contribution in [0, 0.1) is 0 Å². The molecular formula is C13H15F6NO. The van der Waals surface area contributed by atoms with Crippen molar-refractivity contribution in [3.05, 3.63) is 34.9 Å². The Balaban J connectivity index is 3.08. The van der Waals surface area contributed by atoms with Gasteiger partial charge in [0.1, 0.15) is 0 Å². The molecule has 8 heteroatoms. The van der Waals surface area contributed by atoms with Crippen molar-refractivity contribution in [1.29, 1.82) is 0 Å². The van der Waals surface area contributed by atoms with Gasteiger partial charge in [-0.15, -0.1) is 0 Å². The van der Waals surface area contributed by atoms with Crippen LogP contribution in [-0.2, 0) is 18.9 Å². The van der Waals surface area contributed by atoms with Crippen LogP contribution in [0.25, 0.3) is 0 Å². The molecule has 0 aliphatic rings. The van der Waals surface area contributed by atoms with Crippen LogP contribution in [0.15, 0.2) is 18.2 Å². The summed E-state index contributed by atoms with van der Waals surface area (Å²) in [4.78, 5) is 0. The Bertz CT molecular complexity index is 432. The molecule has 1 aromatic rings. The summed E-state index contributed by atoms with van der Waals surface area (Å²) in [6.45, 7) is 1.30. The summed E-state index contributed by atoms with van der Waals surface area (Å²) in [5.74, 6) is 0. The van der Waals surface area contributed by atoms with Gasteiger partial charge in [0, 0.05) is 12.6 Å². The highest BCUT2D eigenvalue weighted by Gasteiger charge is 2.36. The van der Waals surface area contributed by atoms with E-state index in [1.165, 1.54) is 0 Å². The van der Waals surface area contributed by atoms with Gasteiger partial charge >= 0.3 is 12.4 Å². The van der Waals surface area contributed by atoms with Gasteiger partial charge in [0.05, 0.1) is 17.7 Å². The number of hydrogen-bond acceptors (Lipinski definition) is 2. The van der Waals surface area contributed by atoms with Crippen molar-refractivity contribution in [3.63, 3.8) is 0 Å². The van der Waals surface area contributed by atoms with Gasteiger partial charge in [0.2, 0.25) is 0 Å². The van der Waals surface area contributed by atoms with Gasteiger partial charge in [0.15, 0.2) is 0 Å². The third-order valence-electron chi connectivity index (χ3n) is 2.96. The molecule has 0 aliphatic carbocycles. The van der Waals surface area contributed by atoms with Crippen LogP contribution >= 0.6 is 0 Å². The van der Waals surface area contributed by atoms with E-state index < -0.39 is 23.5 Å². The minimum atomic E-state index is -4.85. The largest absolute Gasteiger partial charge is 0.416 e. The monoisotopic (exact) mass is 315 g/mol. The molecule has 0 radical (unpaired) electrons. The number of hydrogen-bond donors (Lipinski definition) is 2. The van der Waals surface area contributed by atoms with Gasteiger partial charge in [-0.1, -0.05) is 6.92 Å². The minimum Gasteiger partial charge on any atom is -0.395 e. The molecule has 0 spiro atoms. The number of aliphatic hydroxyl groups excluding tert-OH is 1. The SMILES string of the molecule is CC[C@@H](CO)NCc1cc(C(F)(F)F)cc(C(F)(F)F)c1. The van der Waals surface area contributed by atoms with E-state index in [9.17, 15) is 26.3 Å². The van der Waals surface area contributed by atoms with Crippen LogP contribution in [0.4, 0.5) is 26.3 Å². The Kier molecular flexibility index (Phi) is 5.63. The first kappa shape index (κ1) is 17.8. The molecule has 1 rings (SSSR count). The summed E-state index contributed by atoms with van der Waals surface area (Å²) < 4.78 is 75.8. The fourth-order valence-corrected chi connectivity index (χ4v) is 1.72. The normalized spacial score (nSPS) is 14.3. The highest BCUT2D eigenvalue weighted by molar-refractivity contribution is 5.33. The second kappa shape index (κ2) is 6.65. The highest BCUT2D eigenvalue weighted by atomic mass is 19.4. The van der Waals surface area contributed by atoms with E-state index in [1.54, 1.807) is 6.92 Å². The molecule has 120 valence electrons. The molecule has 0 amide bonds. The maximum absolute atomic E-state index is 12.6. The minimum absolute atomic E-state index is 0.0901. The molecule has 0 aliphatic heterocycles. The predicted octanol–water partition coefficient (Wildman–Crippen LogP) is 3.58. The molecule has 0 saturated heterocycles. The molecule has 2 N–H and O–H groups in total. The van der Waals surface area contributed by atoms with Gasteiger partial charge in [-0.3, -0.25) is 0 Å².